The predicted octanol–water partition coefficient (Wildman–Crippen LogP) is 4.30. The van der Waals surface area contributed by atoms with Gasteiger partial charge in [0.05, 0.1) is 18.0 Å². The third-order valence-corrected chi connectivity index (χ3v) is 4.98. The highest BCUT2D eigenvalue weighted by Gasteiger charge is 2.33. The minimum Gasteiger partial charge on any atom is -0.471 e. The van der Waals surface area contributed by atoms with Crippen molar-refractivity contribution in [3.63, 3.8) is 0 Å². The molecule has 3 rings (SSSR count). The van der Waals surface area contributed by atoms with Crippen LogP contribution < -0.4 is 9.30 Å². The molecule has 0 radical (unpaired) electrons. The second-order valence-electron chi connectivity index (χ2n) is 6.33. The fraction of sp³-hybridized carbons (Fsp3) is 0.389. The fourth-order valence-corrected chi connectivity index (χ4v) is 3.50. The highest BCUT2D eigenvalue weighted by atomic mass is 32.2. The van der Waals surface area contributed by atoms with Gasteiger partial charge in [0.1, 0.15) is 18.4 Å². The normalized spacial score (nSPS) is 13.1. The molecule has 0 fully saturated rings. The third-order valence-electron chi connectivity index (χ3n) is 3.60. The first-order valence-corrected chi connectivity index (χ1v) is 10.9. The number of pyridine rings is 1. The first-order chi connectivity index (χ1) is 14.5. The molecule has 0 saturated heterocycles. The first-order valence-electron chi connectivity index (χ1n) is 8.94. The number of nitrogens with one attached hydrogen (secondary N) is 1. The van der Waals surface area contributed by atoms with Crippen LogP contribution in [0.5, 0.6) is 5.75 Å². The lowest BCUT2D eigenvalue weighted by Gasteiger charge is -2.19. The first kappa shape index (κ1) is 24.5. The fourth-order valence-electron chi connectivity index (χ4n) is 2.43. The van der Waals surface area contributed by atoms with Crippen molar-refractivity contribution in [3.05, 3.63) is 30.4 Å². The summed E-state index contributed by atoms with van der Waals surface area (Å²) >= 11 is -0.350. The van der Waals surface area contributed by atoms with Crippen molar-refractivity contribution in [2.75, 3.05) is 0 Å². The van der Waals surface area contributed by atoms with Gasteiger partial charge in [0, 0.05) is 11.8 Å². The quantitative estimate of drug-likeness (QED) is 0.300. The molecule has 0 aromatic carbocycles. The molecular weight excluding hydrogens is 453 g/mol. The number of nitriles is 1. The number of ether oxygens (including phenoxy) is 1. The number of nitrogens with zero attached hydrogens (tertiary/aromatic N) is 5. The van der Waals surface area contributed by atoms with Crippen LogP contribution in [0.4, 0.5) is 19.0 Å². The van der Waals surface area contributed by atoms with Crippen molar-refractivity contribution >= 4 is 33.9 Å². The molecule has 8 nitrogen and oxygen atoms in total. The Hall–Kier alpha value is -2.72. The third kappa shape index (κ3) is 6.38. The summed E-state index contributed by atoms with van der Waals surface area (Å²) in [7, 11) is -2.19. The van der Waals surface area contributed by atoms with Gasteiger partial charge in [-0.3, -0.25) is 4.98 Å². The number of thioether (sulfide) groups is 1. The van der Waals surface area contributed by atoms with Crippen LogP contribution in [0.2, 0.25) is 0 Å². The molecule has 31 heavy (non-hydrogen) atoms. The average Bonchev–Trinajstić information content (AvgIpc) is 3.11. The number of hydrogen-bond donors (Lipinski definition) is 1. The molecule has 0 saturated carbocycles. The number of aliphatic imine (C=N–C) groups is 1. The molecular formula is C18H19F3N6O2S2. The Bertz CT molecular complexity index is 1120. The Kier molecular flexibility index (Phi) is 7.61. The highest BCUT2D eigenvalue weighted by Crippen LogP contribution is 2.36. The minimum atomic E-state index is -4.47. The van der Waals surface area contributed by atoms with Crippen LogP contribution in [0, 0.1) is 16.1 Å². The van der Waals surface area contributed by atoms with Crippen molar-refractivity contribution in [1.29, 1.82) is 10.0 Å². The van der Waals surface area contributed by atoms with Crippen molar-refractivity contribution in [3.8, 4) is 11.8 Å². The van der Waals surface area contributed by atoms with Crippen LogP contribution in [0.15, 0.2) is 39.6 Å². The lowest BCUT2D eigenvalue weighted by Crippen LogP contribution is -2.34. The smallest absolute Gasteiger partial charge is 0.449 e. The summed E-state index contributed by atoms with van der Waals surface area (Å²) < 4.78 is 64.1. The number of fused-ring (bicyclic) bond motifs is 1. The molecule has 2 aromatic rings. The van der Waals surface area contributed by atoms with Gasteiger partial charge in [-0.1, -0.05) is 18.7 Å². The summed E-state index contributed by atoms with van der Waals surface area (Å²) in [6.07, 6.45) is 2.54. The molecule has 3 heterocycles. The van der Waals surface area contributed by atoms with Crippen LogP contribution in [-0.2, 0) is 21.3 Å². The molecule has 0 atom stereocenters. The molecule has 0 amide bonds. The van der Waals surface area contributed by atoms with Gasteiger partial charge < -0.3 is 13.7 Å². The standard InChI is InChI=1S/C16H13F3N6O2S2.C2H6/c1-15(2,7-20)27-9-3-11(29(21)26)14(22-5-9)10-6-25-8-23-13(4-12(25)24-10)28-16(17,18)19;1-2/h3-5,8,21H,6H2,1-2H3;1-2H3. The predicted molar refractivity (Wildman–Crippen MR) is 107 cm³/mol. The second kappa shape index (κ2) is 9.61. The van der Waals surface area contributed by atoms with E-state index in [-0.39, 0.29) is 45.5 Å². The Morgan fingerprint density at radius 3 is 2.55 bits per heavy atom. The molecule has 2 aromatic heterocycles. The largest absolute Gasteiger partial charge is 0.471 e. The van der Waals surface area contributed by atoms with E-state index in [0.29, 0.717) is 5.71 Å². The van der Waals surface area contributed by atoms with E-state index in [1.165, 1.54) is 43.1 Å². The summed E-state index contributed by atoms with van der Waals surface area (Å²) in [6, 6.07) is 4.48. The molecule has 0 aliphatic carbocycles. The molecule has 0 spiro atoms. The van der Waals surface area contributed by atoms with E-state index < -0.39 is 21.7 Å². The number of rotatable bonds is 5. The second-order valence-corrected chi connectivity index (χ2v) is 8.39. The molecule has 13 heteroatoms. The van der Waals surface area contributed by atoms with E-state index in [2.05, 4.69) is 15.0 Å². The number of hydrogen-bond acceptors (Lipinski definition) is 9. The summed E-state index contributed by atoms with van der Waals surface area (Å²) in [5, 5.41) is 8.81. The van der Waals surface area contributed by atoms with Crippen molar-refractivity contribution in [2.24, 2.45) is 4.99 Å². The average molecular weight is 473 g/mol. The van der Waals surface area contributed by atoms with Gasteiger partial charge in [-0.2, -0.15) is 29.0 Å². The van der Waals surface area contributed by atoms with E-state index >= 15 is 0 Å². The number of aromatic nitrogens is 3. The minimum absolute atomic E-state index is 0.0150. The maximum atomic E-state index is 12.5. The van der Waals surface area contributed by atoms with Crippen molar-refractivity contribution in [1.82, 2.24) is 9.97 Å². The number of halogens is 3. The molecule has 1 N–H and O–H groups in total. The monoisotopic (exact) mass is 472 g/mol. The molecule has 0 unspecified atom stereocenters. The van der Waals surface area contributed by atoms with Gasteiger partial charge in [0.15, 0.2) is 16.3 Å². The summed E-state index contributed by atoms with van der Waals surface area (Å²) in [5.41, 5.74) is -5.14. The Balaban J connectivity index is 0.00000166. The van der Waals surface area contributed by atoms with Crippen LogP contribution >= 0.6 is 11.8 Å². The lowest BCUT2D eigenvalue weighted by molar-refractivity contribution is -0.667. The zero-order valence-corrected chi connectivity index (χ0v) is 18.7. The van der Waals surface area contributed by atoms with Crippen LogP contribution in [0.25, 0.3) is 0 Å². The lowest BCUT2D eigenvalue weighted by atomic mass is 10.2. The van der Waals surface area contributed by atoms with E-state index in [1.54, 1.807) is 0 Å². The van der Waals surface area contributed by atoms with Crippen LogP contribution in [0.1, 0.15) is 33.4 Å². The Labute approximate surface area is 183 Å². The maximum absolute atomic E-state index is 12.5. The van der Waals surface area contributed by atoms with E-state index in [4.69, 9.17) is 14.8 Å². The van der Waals surface area contributed by atoms with Crippen LogP contribution in [0.3, 0.4) is 0 Å². The summed E-state index contributed by atoms with van der Waals surface area (Å²) in [6.45, 7) is 7.21. The summed E-state index contributed by atoms with van der Waals surface area (Å²) in [5.74, 6) is 0.390. The SMILES string of the molecule is CC.CC(C)(C#N)Oc1cnc(C2=Nc3cc(SC(F)(F)F)nc[n+]3C2)c([S-](=N)=O)c1. The Morgan fingerprint density at radius 2 is 1.97 bits per heavy atom. The van der Waals surface area contributed by atoms with Crippen molar-refractivity contribution in [2.45, 2.75) is 55.3 Å². The van der Waals surface area contributed by atoms with E-state index in [1.807, 2.05) is 19.9 Å². The molecule has 0 bridgehead atoms. The zero-order valence-electron chi connectivity index (χ0n) is 17.0. The van der Waals surface area contributed by atoms with Gasteiger partial charge in [0.2, 0.25) is 6.33 Å². The van der Waals surface area contributed by atoms with Crippen molar-refractivity contribution < 1.29 is 26.7 Å². The topological polar surface area (TPSA) is 116 Å². The maximum Gasteiger partial charge on any atom is 0.449 e. The van der Waals surface area contributed by atoms with Crippen LogP contribution in [-0.4, -0.2) is 26.8 Å². The molecule has 1 aliphatic rings. The Morgan fingerprint density at radius 1 is 1.29 bits per heavy atom. The highest BCUT2D eigenvalue weighted by molar-refractivity contribution is 8.00. The number of alkyl halides is 3. The molecule has 1 aliphatic heterocycles. The summed E-state index contributed by atoms with van der Waals surface area (Å²) in [4.78, 5) is 12.2. The van der Waals surface area contributed by atoms with Gasteiger partial charge in [-0.05, 0) is 19.9 Å². The van der Waals surface area contributed by atoms with E-state index in [9.17, 15) is 17.4 Å². The zero-order chi connectivity index (χ0) is 23.4. The van der Waals surface area contributed by atoms with Gasteiger partial charge in [0.25, 0.3) is 5.82 Å². The molecule has 166 valence electrons. The van der Waals surface area contributed by atoms with E-state index in [0.717, 1.165) is 0 Å². The van der Waals surface area contributed by atoms with Gasteiger partial charge in [-0.15, -0.1) is 9.98 Å². The van der Waals surface area contributed by atoms with Gasteiger partial charge in [-0.25, -0.2) is 4.57 Å². The van der Waals surface area contributed by atoms with Gasteiger partial charge >= 0.3 is 5.51 Å².